The first kappa shape index (κ1) is 20.8. The van der Waals surface area contributed by atoms with Crippen LogP contribution in [0.25, 0.3) is 16.9 Å². The van der Waals surface area contributed by atoms with Crippen LogP contribution in [0, 0.1) is 10.1 Å². The Bertz CT molecular complexity index is 1350. The topological polar surface area (TPSA) is 123 Å². The smallest absolute Gasteiger partial charge is 0.282 e. The van der Waals surface area contributed by atoms with Gasteiger partial charge in [0.05, 0.1) is 10.6 Å². The van der Waals surface area contributed by atoms with Crippen molar-refractivity contribution >= 4 is 40.2 Å². The average molecular weight is 465 g/mol. The predicted octanol–water partition coefficient (Wildman–Crippen LogP) is 2.73. The lowest BCUT2D eigenvalue weighted by atomic mass is 10.1. The highest BCUT2D eigenvalue weighted by Crippen LogP contribution is 2.25. The second-order valence-corrected chi connectivity index (χ2v) is 7.84. The molecule has 1 fully saturated rings. The maximum absolute atomic E-state index is 12.9. The number of carbonyl (C=O) groups excluding carboxylic acids is 1. The number of benzene rings is 2. The number of aromatic nitrogens is 5. The van der Waals surface area contributed by atoms with E-state index in [4.69, 9.17) is 11.6 Å². The van der Waals surface area contributed by atoms with Gasteiger partial charge in [-0.15, -0.1) is 5.10 Å². The third-order valence-electron chi connectivity index (χ3n) is 5.49. The van der Waals surface area contributed by atoms with Crippen LogP contribution in [-0.4, -0.2) is 66.9 Å². The zero-order chi connectivity index (χ0) is 22.9. The third kappa shape index (κ3) is 3.82. The second kappa shape index (κ2) is 8.43. The molecule has 0 radical (unpaired) electrons. The fraction of sp³-hybridized carbons (Fsp3) is 0.190. The van der Waals surface area contributed by atoms with Gasteiger partial charge in [0.25, 0.3) is 11.6 Å². The number of rotatable bonds is 4. The van der Waals surface area contributed by atoms with Gasteiger partial charge in [0.1, 0.15) is 11.9 Å². The Morgan fingerprint density at radius 1 is 1.00 bits per heavy atom. The number of carbonyl (C=O) groups is 1. The third-order valence-corrected chi connectivity index (χ3v) is 5.74. The summed E-state index contributed by atoms with van der Waals surface area (Å²) < 4.78 is 1.62. The Morgan fingerprint density at radius 2 is 1.73 bits per heavy atom. The van der Waals surface area contributed by atoms with Gasteiger partial charge in [0.2, 0.25) is 0 Å². The molecule has 4 aromatic rings. The van der Waals surface area contributed by atoms with Crippen LogP contribution in [0.5, 0.6) is 0 Å². The van der Waals surface area contributed by atoms with Gasteiger partial charge in [-0.3, -0.25) is 14.9 Å². The van der Waals surface area contributed by atoms with Crippen LogP contribution in [0.3, 0.4) is 0 Å². The molecular weight excluding hydrogens is 448 g/mol. The Balaban J connectivity index is 1.36. The fourth-order valence-corrected chi connectivity index (χ4v) is 3.96. The van der Waals surface area contributed by atoms with E-state index in [1.807, 2.05) is 17.0 Å². The van der Waals surface area contributed by atoms with Crippen molar-refractivity contribution in [3.05, 3.63) is 75.6 Å². The molecule has 5 rings (SSSR count). The Morgan fingerprint density at radius 3 is 2.45 bits per heavy atom. The molecule has 1 aliphatic heterocycles. The van der Waals surface area contributed by atoms with E-state index in [0.29, 0.717) is 48.2 Å². The Hall–Kier alpha value is -4.12. The minimum Gasteiger partial charge on any atom is -0.351 e. The normalized spacial score (nSPS) is 14.0. The first-order valence-electron chi connectivity index (χ1n) is 10.1. The maximum Gasteiger partial charge on any atom is 0.282 e. The van der Waals surface area contributed by atoms with Crippen molar-refractivity contribution in [1.29, 1.82) is 0 Å². The first-order valence-corrected chi connectivity index (χ1v) is 10.5. The molecular formula is C21H17ClN8O3. The summed E-state index contributed by atoms with van der Waals surface area (Å²) in [6.07, 6.45) is 1.46. The lowest BCUT2D eigenvalue weighted by Crippen LogP contribution is -2.49. The SMILES string of the molecule is O=C(c1ccccc1[N+](=O)[O-])N1CCN(c2ncnc3c2nnn3-c2ccc(Cl)cc2)CC1. The zero-order valence-electron chi connectivity index (χ0n) is 17.2. The summed E-state index contributed by atoms with van der Waals surface area (Å²) in [5.41, 5.74) is 1.77. The maximum atomic E-state index is 12.9. The molecule has 2 aromatic heterocycles. The van der Waals surface area contributed by atoms with Crippen LogP contribution in [0.4, 0.5) is 11.5 Å². The molecule has 0 atom stereocenters. The minimum absolute atomic E-state index is 0.0892. The van der Waals surface area contributed by atoms with E-state index in [1.54, 1.807) is 33.8 Å². The van der Waals surface area contributed by atoms with Gasteiger partial charge < -0.3 is 9.80 Å². The van der Waals surface area contributed by atoms with E-state index >= 15 is 0 Å². The quantitative estimate of drug-likeness (QED) is 0.333. The van der Waals surface area contributed by atoms with Crippen molar-refractivity contribution in [2.45, 2.75) is 0 Å². The summed E-state index contributed by atoms with van der Waals surface area (Å²) in [5.74, 6) is 0.265. The number of para-hydroxylation sites is 1. The number of fused-ring (bicyclic) bond motifs is 1. The van der Waals surface area contributed by atoms with E-state index < -0.39 is 4.92 Å². The molecule has 2 aromatic carbocycles. The highest BCUT2D eigenvalue weighted by atomic mass is 35.5. The highest BCUT2D eigenvalue weighted by molar-refractivity contribution is 6.30. The van der Waals surface area contributed by atoms with Crippen molar-refractivity contribution in [2.24, 2.45) is 0 Å². The van der Waals surface area contributed by atoms with E-state index in [9.17, 15) is 14.9 Å². The first-order chi connectivity index (χ1) is 16.0. The van der Waals surface area contributed by atoms with Crippen LogP contribution in [0.15, 0.2) is 54.9 Å². The summed E-state index contributed by atoms with van der Waals surface area (Å²) >= 11 is 5.98. The van der Waals surface area contributed by atoms with Crippen LogP contribution >= 0.6 is 11.6 Å². The molecule has 12 heteroatoms. The molecule has 0 spiro atoms. The van der Waals surface area contributed by atoms with Crippen LogP contribution in [0.1, 0.15) is 10.4 Å². The number of hydrogen-bond acceptors (Lipinski definition) is 8. The zero-order valence-corrected chi connectivity index (χ0v) is 18.0. The molecule has 1 aliphatic rings. The van der Waals surface area contributed by atoms with Crippen LogP contribution < -0.4 is 4.90 Å². The Labute approximate surface area is 192 Å². The number of anilines is 1. The van der Waals surface area contributed by atoms with Gasteiger partial charge in [-0.1, -0.05) is 28.9 Å². The monoisotopic (exact) mass is 464 g/mol. The van der Waals surface area contributed by atoms with Crippen molar-refractivity contribution in [3.8, 4) is 5.69 Å². The summed E-state index contributed by atoms with van der Waals surface area (Å²) in [4.78, 5) is 36.0. The molecule has 0 aliphatic carbocycles. The summed E-state index contributed by atoms with van der Waals surface area (Å²) in [6.45, 7) is 1.77. The average Bonchev–Trinajstić information content (AvgIpc) is 3.28. The van der Waals surface area contributed by atoms with Crippen molar-refractivity contribution in [3.63, 3.8) is 0 Å². The molecule has 0 unspecified atom stereocenters. The van der Waals surface area contributed by atoms with Gasteiger partial charge in [0.15, 0.2) is 17.0 Å². The van der Waals surface area contributed by atoms with Gasteiger partial charge in [-0.05, 0) is 30.3 Å². The van der Waals surface area contributed by atoms with E-state index in [0.717, 1.165) is 5.69 Å². The summed E-state index contributed by atoms with van der Waals surface area (Å²) in [5, 5.41) is 20.4. The van der Waals surface area contributed by atoms with Crippen molar-refractivity contribution in [2.75, 3.05) is 31.1 Å². The van der Waals surface area contributed by atoms with E-state index in [2.05, 4.69) is 20.3 Å². The number of nitro groups is 1. The molecule has 11 nitrogen and oxygen atoms in total. The van der Waals surface area contributed by atoms with Gasteiger partial charge >= 0.3 is 0 Å². The molecule has 0 bridgehead atoms. The molecule has 1 amide bonds. The lowest BCUT2D eigenvalue weighted by molar-refractivity contribution is -0.385. The predicted molar refractivity (Wildman–Crippen MR) is 121 cm³/mol. The molecule has 33 heavy (non-hydrogen) atoms. The molecule has 0 saturated carbocycles. The number of piperazine rings is 1. The van der Waals surface area contributed by atoms with Crippen molar-refractivity contribution in [1.82, 2.24) is 29.9 Å². The summed E-state index contributed by atoms with van der Waals surface area (Å²) in [7, 11) is 0. The second-order valence-electron chi connectivity index (χ2n) is 7.40. The van der Waals surface area contributed by atoms with Crippen LogP contribution in [0.2, 0.25) is 5.02 Å². The largest absolute Gasteiger partial charge is 0.351 e. The number of hydrogen-bond donors (Lipinski definition) is 0. The van der Waals surface area contributed by atoms with Gasteiger partial charge in [0, 0.05) is 37.3 Å². The summed E-state index contributed by atoms with van der Waals surface area (Å²) in [6, 6.07) is 13.2. The molecule has 1 saturated heterocycles. The van der Waals surface area contributed by atoms with Crippen LogP contribution in [-0.2, 0) is 0 Å². The minimum atomic E-state index is -0.537. The fourth-order valence-electron chi connectivity index (χ4n) is 3.83. The highest BCUT2D eigenvalue weighted by Gasteiger charge is 2.28. The number of nitrogens with zero attached hydrogens (tertiary/aromatic N) is 8. The van der Waals surface area contributed by atoms with Crippen molar-refractivity contribution < 1.29 is 9.72 Å². The standard InChI is InChI=1S/C21H17ClN8O3/c22-14-5-7-15(8-6-14)29-20-18(25-26-29)19(23-13-24-20)27-9-11-28(12-10-27)21(31)16-3-1-2-4-17(16)30(32)33/h1-8,13H,9-12H2. The van der Waals surface area contributed by atoms with E-state index in [-0.39, 0.29) is 17.2 Å². The number of halogens is 1. The van der Waals surface area contributed by atoms with Gasteiger partial charge in [-0.25, -0.2) is 9.97 Å². The van der Waals surface area contributed by atoms with Gasteiger partial charge in [-0.2, -0.15) is 4.68 Å². The Kier molecular flexibility index (Phi) is 5.31. The number of nitro benzene ring substituents is 1. The molecule has 166 valence electrons. The van der Waals surface area contributed by atoms with E-state index in [1.165, 1.54) is 18.5 Å². The lowest BCUT2D eigenvalue weighted by Gasteiger charge is -2.35. The number of amides is 1. The molecule has 3 heterocycles. The molecule has 0 N–H and O–H groups in total.